The van der Waals surface area contributed by atoms with Crippen molar-refractivity contribution in [1.29, 1.82) is 0 Å². The van der Waals surface area contributed by atoms with Gasteiger partial charge < -0.3 is 0 Å². The Bertz CT molecular complexity index is 3020. The highest BCUT2D eigenvalue weighted by atomic mass is 32.1. The van der Waals surface area contributed by atoms with Crippen molar-refractivity contribution in [1.82, 2.24) is 24.5 Å². The van der Waals surface area contributed by atoms with Crippen LogP contribution in [0.3, 0.4) is 0 Å². The average molecular weight is 697 g/mol. The van der Waals surface area contributed by atoms with Crippen LogP contribution in [0, 0.1) is 0 Å². The molecule has 0 unspecified atom stereocenters. The Balaban J connectivity index is 1.06. The van der Waals surface area contributed by atoms with Crippen molar-refractivity contribution in [3.05, 3.63) is 170 Å². The molecule has 4 heterocycles. The summed E-state index contributed by atoms with van der Waals surface area (Å²) in [5.74, 6) is 2.73. The van der Waals surface area contributed by atoms with E-state index in [-0.39, 0.29) is 0 Å². The van der Waals surface area contributed by atoms with E-state index >= 15 is 0 Å². The minimum atomic E-state index is 0.618. The van der Waals surface area contributed by atoms with E-state index in [1.807, 2.05) is 36.4 Å². The molecule has 0 atom stereocenters. The standard InChI is InChI=1S/C46H28N6S/c1-2-12-29(13-3-1)43-48-44(50-45(49-43)31-24-27-36-35-16-6-11-21-41(35)53-42(36)28-31)30-22-25-32(26-23-30)51-38-18-8-4-14-33(38)34-15-5-9-19-39(34)52-40-20-10-7-17-37(40)47-46(51)52/h1-28H. The molecule has 0 bridgehead atoms. The van der Waals surface area contributed by atoms with Gasteiger partial charge in [-0.1, -0.05) is 109 Å². The summed E-state index contributed by atoms with van der Waals surface area (Å²) in [6.07, 6.45) is 0. The maximum atomic E-state index is 5.23. The summed E-state index contributed by atoms with van der Waals surface area (Å²) in [5, 5.41) is 2.51. The maximum Gasteiger partial charge on any atom is 0.220 e. The summed E-state index contributed by atoms with van der Waals surface area (Å²) >= 11 is 1.79. The molecular formula is C46H28N6S. The molecule has 11 rings (SSSR count). The molecular weight excluding hydrogens is 669 g/mol. The normalized spacial score (nSPS) is 12.1. The first-order valence-electron chi connectivity index (χ1n) is 17.6. The highest BCUT2D eigenvalue weighted by molar-refractivity contribution is 7.25. The van der Waals surface area contributed by atoms with Crippen LogP contribution in [-0.4, -0.2) is 24.5 Å². The molecule has 10 aromatic rings. The summed E-state index contributed by atoms with van der Waals surface area (Å²) in [6.45, 7) is 0. The Hall–Kier alpha value is -6.96. The van der Waals surface area contributed by atoms with E-state index in [1.54, 1.807) is 11.3 Å². The first-order chi connectivity index (χ1) is 26.3. The van der Waals surface area contributed by atoms with Gasteiger partial charge in [-0.05, 0) is 60.7 Å². The second-order valence-electron chi connectivity index (χ2n) is 13.1. The number of nitrogens with zero attached hydrogens (tertiary/aromatic N) is 6. The number of hydrogen-bond donors (Lipinski definition) is 0. The van der Waals surface area contributed by atoms with Gasteiger partial charge in [0.1, 0.15) is 0 Å². The number of thiophene rings is 1. The molecule has 0 aliphatic carbocycles. The molecule has 7 heteroatoms. The Morgan fingerprint density at radius 1 is 0.415 bits per heavy atom. The number of imidazole rings is 1. The number of rotatable bonds is 4. The largest absolute Gasteiger partial charge is 0.280 e. The van der Waals surface area contributed by atoms with Gasteiger partial charge >= 0.3 is 0 Å². The highest BCUT2D eigenvalue weighted by Gasteiger charge is 2.29. The van der Waals surface area contributed by atoms with Crippen LogP contribution in [0.25, 0.3) is 82.2 Å². The third-order valence-electron chi connectivity index (χ3n) is 10.0. The number of para-hydroxylation sites is 4. The van der Waals surface area contributed by atoms with Crippen molar-refractivity contribution in [3.63, 3.8) is 0 Å². The number of anilines is 3. The molecule has 0 saturated carbocycles. The minimum Gasteiger partial charge on any atom is -0.280 e. The van der Waals surface area contributed by atoms with E-state index in [9.17, 15) is 0 Å². The fraction of sp³-hybridized carbons (Fsp3) is 0. The van der Waals surface area contributed by atoms with E-state index in [0.29, 0.717) is 17.5 Å². The zero-order valence-electron chi connectivity index (χ0n) is 28.3. The summed E-state index contributed by atoms with van der Waals surface area (Å²) in [7, 11) is 0. The van der Waals surface area contributed by atoms with Crippen molar-refractivity contribution in [3.8, 4) is 51.0 Å². The van der Waals surface area contributed by atoms with E-state index in [0.717, 1.165) is 61.9 Å². The lowest BCUT2D eigenvalue weighted by Crippen LogP contribution is -2.14. The fourth-order valence-corrected chi connectivity index (χ4v) is 8.68. The molecule has 248 valence electrons. The lowest BCUT2D eigenvalue weighted by Gasteiger charge is -2.24. The maximum absolute atomic E-state index is 5.23. The Kier molecular flexibility index (Phi) is 6.62. The lowest BCUT2D eigenvalue weighted by atomic mass is 10.0. The molecule has 1 aliphatic heterocycles. The fourth-order valence-electron chi connectivity index (χ4n) is 7.53. The van der Waals surface area contributed by atoms with Crippen LogP contribution >= 0.6 is 11.3 Å². The lowest BCUT2D eigenvalue weighted by molar-refractivity contribution is 1.05. The van der Waals surface area contributed by atoms with Crippen LogP contribution in [0.1, 0.15) is 0 Å². The molecule has 1 aliphatic rings. The van der Waals surface area contributed by atoms with Gasteiger partial charge in [-0.3, -0.25) is 9.47 Å². The topological polar surface area (TPSA) is 59.7 Å². The first kappa shape index (κ1) is 29.7. The van der Waals surface area contributed by atoms with Gasteiger partial charge in [0.25, 0.3) is 0 Å². The van der Waals surface area contributed by atoms with Gasteiger partial charge in [-0.15, -0.1) is 11.3 Å². The quantitative estimate of drug-likeness (QED) is 0.183. The van der Waals surface area contributed by atoms with Crippen molar-refractivity contribution in [2.45, 2.75) is 0 Å². The number of fused-ring (bicyclic) bond motifs is 10. The van der Waals surface area contributed by atoms with Gasteiger partial charge in [0.05, 0.1) is 22.4 Å². The first-order valence-corrected chi connectivity index (χ1v) is 18.4. The van der Waals surface area contributed by atoms with E-state index in [2.05, 4.69) is 143 Å². The van der Waals surface area contributed by atoms with E-state index in [1.165, 1.54) is 20.2 Å². The van der Waals surface area contributed by atoms with Crippen molar-refractivity contribution in [2.75, 3.05) is 4.90 Å². The molecule has 7 aromatic carbocycles. The SMILES string of the molecule is c1ccc(-c2nc(-c3ccc(N4c5ccccc5-c5ccccc5-n5c4nc4ccccc45)cc3)nc(-c3ccc4c(c3)sc3ccccc34)n2)cc1. The van der Waals surface area contributed by atoms with Crippen LogP contribution in [0.2, 0.25) is 0 Å². The van der Waals surface area contributed by atoms with Crippen LogP contribution < -0.4 is 4.90 Å². The van der Waals surface area contributed by atoms with Gasteiger partial charge in [-0.25, -0.2) is 19.9 Å². The Labute approximate surface area is 309 Å². The molecule has 0 amide bonds. The van der Waals surface area contributed by atoms with Crippen LogP contribution in [0.5, 0.6) is 0 Å². The molecule has 0 fully saturated rings. The Morgan fingerprint density at radius 2 is 1.00 bits per heavy atom. The molecule has 53 heavy (non-hydrogen) atoms. The molecule has 0 saturated heterocycles. The average Bonchev–Trinajstić information content (AvgIpc) is 3.76. The van der Waals surface area contributed by atoms with Crippen molar-refractivity contribution < 1.29 is 0 Å². The van der Waals surface area contributed by atoms with Gasteiger partial charge in [0.2, 0.25) is 5.95 Å². The summed E-state index contributed by atoms with van der Waals surface area (Å²) < 4.78 is 4.76. The summed E-state index contributed by atoms with van der Waals surface area (Å²) in [6, 6.07) is 59.1. The third kappa shape index (κ3) is 4.79. The van der Waals surface area contributed by atoms with E-state index < -0.39 is 0 Å². The molecule has 0 radical (unpaired) electrons. The monoisotopic (exact) mass is 696 g/mol. The number of benzene rings is 7. The summed E-state index contributed by atoms with van der Waals surface area (Å²) in [4.78, 5) is 22.6. The molecule has 6 nitrogen and oxygen atoms in total. The second-order valence-corrected chi connectivity index (χ2v) is 14.2. The van der Waals surface area contributed by atoms with Crippen LogP contribution in [0.4, 0.5) is 17.3 Å². The molecule has 0 N–H and O–H groups in total. The smallest absolute Gasteiger partial charge is 0.220 e. The predicted octanol–water partition coefficient (Wildman–Crippen LogP) is 12.0. The second kappa shape index (κ2) is 11.8. The van der Waals surface area contributed by atoms with Crippen molar-refractivity contribution >= 4 is 59.9 Å². The third-order valence-corrected chi connectivity index (χ3v) is 11.1. The molecule has 3 aromatic heterocycles. The number of aromatic nitrogens is 5. The van der Waals surface area contributed by atoms with Crippen LogP contribution in [-0.2, 0) is 0 Å². The van der Waals surface area contributed by atoms with Crippen molar-refractivity contribution in [2.24, 2.45) is 0 Å². The Morgan fingerprint density at radius 3 is 1.81 bits per heavy atom. The zero-order valence-corrected chi connectivity index (χ0v) is 29.1. The van der Waals surface area contributed by atoms with Crippen LogP contribution in [0.15, 0.2) is 170 Å². The van der Waals surface area contributed by atoms with Gasteiger partial charge in [-0.2, -0.15) is 0 Å². The zero-order chi connectivity index (χ0) is 34.9. The van der Waals surface area contributed by atoms with E-state index in [4.69, 9.17) is 19.9 Å². The molecule has 0 spiro atoms. The van der Waals surface area contributed by atoms with Gasteiger partial charge in [0, 0.05) is 53.7 Å². The number of hydrogen-bond acceptors (Lipinski definition) is 6. The predicted molar refractivity (Wildman–Crippen MR) is 217 cm³/mol. The minimum absolute atomic E-state index is 0.618. The highest BCUT2D eigenvalue weighted by Crippen LogP contribution is 2.47. The van der Waals surface area contributed by atoms with Gasteiger partial charge in [0.15, 0.2) is 17.5 Å². The summed E-state index contributed by atoms with van der Waals surface area (Å²) in [5.41, 5.74) is 10.3.